The molecular formula is C12H16O5. The van der Waals surface area contributed by atoms with Crippen LogP contribution in [0.1, 0.15) is 18.4 Å². The molecule has 0 amide bonds. The van der Waals surface area contributed by atoms with Crippen LogP contribution in [0.5, 0.6) is 0 Å². The van der Waals surface area contributed by atoms with Crippen LogP contribution in [0.3, 0.4) is 0 Å². The van der Waals surface area contributed by atoms with Crippen molar-refractivity contribution in [2.24, 2.45) is 0 Å². The minimum Gasteiger partial charge on any atom is -0.463 e. The second-order valence-electron chi connectivity index (χ2n) is 3.29. The Morgan fingerprint density at radius 2 is 2.29 bits per heavy atom. The molecule has 0 aliphatic rings. The molecular weight excluding hydrogens is 224 g/mol. The van der Waals surface area contributed by atoms with Crippen LogP contribution in [-0.2, 0) is 20.9 Å². The van der Waals surface area contributed by atoms with E-state index < -0.39 is 5.97 Å². The van der Waals surface area contributed by atoms with E-state index in [9.17, 15) is 4.79 Å². The highest BCUT2D eigenvalue weighted by Gasteiger charge is 2.10. The van der Waals surface area contributed by atoms with Crippen molar-refractivity contribution >= 4 is 12.0 Å². The van der Waals surface area contributed by atoms with Gasteiger partial charge in [0, 0.05) is 7.11 Å². The van der Waals surface area contributed by atoms with Crippen molar-refractivity contribution in [1.82, 2.24) is 0 Å². The Balaban J connectivity index is 2.78. The molecule has 0 radical (unpaired) electrons. The third-order valence-corrected chi connectivity index (χ3v) is 1.99. The van der Waals surface area contributed by atoms with E-state index in [0.29, 0.717) is 18.1 Å². The highest BCUT2D eigenvalue weighted by molar-refractivity contribution is 5.93. The average Bonchev–Trinajstić information content (AvgIpc) is 2.74. The van der Waals surface area contributed by atoms with Gasteiger partial charge in [0.1, 0.15) is 18.1 Å². The molecule has 1 aromatic heterocycles. The highest BCUT2D eigenvalue weighted by Crippen LogP contribution is 2.13. The van der Waals surface area contributed by atoms with Crippen molar-refractivity contribution in [3.8, 4) is 0 Å². The summed E-state index contributed by atoms with van der Waals surface area (Å²) in [6.45, 7) is 1.95. The first-order valence-electron chi connectivity index (χ1n) is 5.27. The maximum Gasteiger partial charge on any atom is 0.336 e. The standard InChI is InChI=1S/C12H16O5/c1-3-16-12(14)9(7-13)6-10-4-5-11(17-10)8-15-2/h4-6,13H,3,7-8H2,1-2H3/b9-6+. The number of furan rings is 1. The summed E-state index contributed by atoms with van der Waals surface area (Å²) in [5.41, 5.74) is 0.158. The fourth-order valence-corrected chi connectivity index (χ4v) is 1.26. The minimum atomic E-state index is -0.542. The van der Waals surface area contributed by atoms with Gasteiger partial charge < -0.3 is 19.0 Å². The summed E-state index contributed by atoms with van der Waals surface area (Å²) in [7, 11) is 1.57. The zero-order valence-electron chi connectivity index (χ0n) is 9.93. The van der Waals surface area contributed by atoms with Gasteiger partial charge in [-0.3, -0.25) is 0 Å². The number of aliphatic hydroxyl groups excluding tert-OH is 1. The van der Waals surface area contributed by atoms with E-state index in [0.717, 1.165) is 0 Å². The predicted octanol–water partition coefficient (Wildman–Crippen LogP) is 1.36. The molecule has 1 rings (SSSR count). The molecule has 0 atom stereocenters. The van der Waals surface area contributed by atoms with Gasteiger partial charge in [-0.2, -0.15) is 0 Å². The van der Waals surface area contributed by atoms with E-state index in [-0.39, 0.29) is 18.8 Å². The lowest BCUT2D eigenvalue weighted by molar-refractivity contribution is -0.138. The third-order valence-electron chi connectivity index (χ3n) is 1.99. The Morgan fingerprint density at radius 3 is 2.88 bits per heavy atom. The van der Waals surface area contributed by atoms with Gasteiger partial charge in [-0.1, -0.05) is 0 Å². The van der Waals surface area contributed by atoms with Gasteiger partial charge in [0.15, 0.2) is 0 Å². The fourth-order valence-electron chi connectivity index (χ4n) is 1.26. The van der Waals surface area contributed by atoms with Gasteiger partial charge in [-0.05, 0) is 25.1 Å². The van der Waals surface area contributed by atoms with Gasteiger partial charge in [-0.15, -0.1) is 0 Å². The normalized spacial score (nSPS) is 11.6. The smallest absolute Gasteiger partial charge is 0.336 e. The molecule has 0 fully saturated rings. The first-order valence-corrected chi connectivity index (χ1v) is 5.27. The summed E-state index contributed by atoms with van der Waals surface area (Å²) < 4.78 is 15.1. The maximum atomic E-state index is 11.4. The second kappa shape index (κ2) is 6.88. The van der Waals surface area contributed by atoms with Crippen LogP contribution in [0.4, 0.5) is 0 Å². The summed E-state index contributed by atoms with van der Waals surface area (Å²) in [6, 6.07) is 3.44. The number of hydrogen-bond donors (Lipinski definition) is 1. The lowest BCUT2D eigenvalue weighted by Gasteiger charge is -2.02. The molecule has 0 unspecified atom stereocenters. The Labute approximate surface area is 99.6 Å². The molecule has 5 nitrogen and oxygen atoms in total. The first-order chi connectivity index (χ1) is 8.21. The Kier molecular flexibility index (Phi) is 5.45. The molecule has 1 aromatic rings. The van der Waals surface area contributed by atoms with E-state index >= 15 is 0 Å². The molecule has 17 heavy (non-hydrogen) atoms. The van der Waals surface area contributed by atoms with Crippen LogP contribution in [0, 0.1) is 0 Å². The predicted molar refractivity (Wildman–Crippen MR) is 61.1 cm³/mol. The molecule has 0 saturated heterocycles. The molecule has 0 saturated carbocycles. The highest BCUT2D eigenvalue weighted by atomic mass is 16.5. The number of carbonyl (C=O) groups excluding carboxylic acids is 1. The van der Waals surface area contributed by atoms with Gasteiger partial charge in [0.25, 0.3) is 0 Å². The van der Waals surface area contributed by atoms with Crippen molar-refractivity contribution in [2.45, 2.75) is 13.5 Å². The van der Waals surface area contributed by atoms with E-state index in [1.807, 2.05) is 0 Å². The van der Waals surface area contributed by atoms with Crippen LogP contribution in [0.25, 0.3) is 6.08 Å². The monoisotopic (exact) mass is 240 g/mol. The van der Waals surface area contributed by atoms with Crippen LogP contribution in [-0.4, -0.2) is 31.4 Å². The topological polar surface area (TPSA) is 68.9 Å². The summed E-state index contributed by atoms with van der Waals surface area (Å²) in [6.07, 6.45) is 1.46. The number of hydrogen-bond acceptors (Lipinski definition) is 5. The summed E-state index contributed by atoms with van der Waals surface area (Å²) in [5, 5.41) is 9.06. The third kappa shape index (κ3) is 4.05. The molecule has 94 valence electrons. The first kappa shape index (κ1) is 13.5. The zero-order chi connectivity index (χ0) is 12.7. The Morgan fingerprint density at radius 1 is 1.53 bits per heavy atom. The Hall–Kier alpha value is -1.59. The van der Waals surface area contributed by atoms with Gasteiger partial charge in [0.2, 0.25) is 0 Å². The van der Waals surface area contributed by atoms with Crippen LogP contribution in [0.15, 0.2) is 22.1 Å². The number of carbonyl (C=O) groups is 1. The molecule has 0 aliphatic heterocycles. The number of aliphatic hydroxyl groups is 1. The van der Waals surface area contributed by atoms with Crippen molar-refractivity contribution in [1.29, 1.82) is 0 Å². The lowest BCUT2D eigenvalue weighted by Crippen LogP contribution is -2.10. The maximum absolute atomic E-state index is 11.4. The molecule has 0 spiro atoms. The van der Waals surface area contributed by atoms with Gasteiger partial charge >= 0.3 is 5.97 Å². The number of ether oxygens (including phenoxy) is 2. The minimum absolute atomic E-state index is 0.158. The SMILES string of the molecule is CCOC(=O)/C(=C/c1ccc(COC)o1)CO. The second-order valence-corrected chi connectivity index (χ2v) is 3.29. The van der Waals surface area contributed by atoms with Crippen molar-refractivity contribution in [3.05, 3.63) is 29.2 Å². The van der Waals surface area contributed by atoms with Crippen molar-refractivity contribution < 1.29 is 23.8 Å². The zero-order valence-corrected chi connectivity index (χ0v) is 9.93. The Bertz CT molecular complexity index is 391. The number of rotatable bonds is 6. The average molecular weight is 240 g/mol. The van der Waals surface area contributed by atoms with Crippen LogP contribution >= 0.6 is 0 Å². The van der Waals surface area contributed by atoms with Crippen LogP contribution < -0.4 is 0 Å². The lowest BCUT2D eigenvalue weighted by atomic mass is 10.2. The van der Waals surface area contributed by atoms with Crippen molar-refractivity contribution in [3.63, 3.8) is 0 Å². The molecule has 5 heteroatoms. The van der Waals surface area contributed by atoms with Crippen LogP contribution in [0.2, 0.25) is 0 Å². The fraction of sp³-hybridized carbons (Fsp3) is 0.417. The molecule has 0 bridgehead atoms. The summed E-state index contributed by atoms with van der Waals surface area (Å²) >= 11 is 0. The largest absolute Gasteiger partial charge is 0.463 e. The van der Waals surface area contributed by atoms with E-state index in [1.54, 1.807) is 26.2 Å². The van der Waals surface area contributed by atoms with E-state index in [4.69, 9.17) is 19.0 Å². The van der Waals surface area contributed by atoms with Gasteiger partial charge in [0.05, 0.1) is 18.8 Å². The number of esters is 1. The molecule has 0 aromatic carbocycles. The van der Waals surface area contributed by atoms with Crippen molar-refractivity contribution in [2.75, 3.05) is 20.3 Å². The van der Waals surface area contributed by atoms with E-state index in [2.05, 4.69) is 0 Å². The molecule has 0 aliphatic carbocycles. The number of methoxy groups -OCH3 is 1. The summed E-state index contributed by atoms with van der Waals surface area (Å²) in [4.78, 5) is 11.4. The molecule has 1 heterocycles. The van der Waals surface area contributed by atoms with E-state index in [1.165, 1.54) is 6.08 Å². The molecule has 1 N–H and O–H groups in total. The quantitative estimate of drug-likeness (QED) is 0.600. The summed E-state index contributed by atoms with van der Waals surface area (Å²) in [5.74, 6) is 0.591. The van der Waals surface area contributed by atoms with Gasteiger partial charge in [-0.25, -0.2) is 4.79 Å².